The van der Waals surface area contributed by atoms with Gasteiger partial charge in [0.05, 0.1) is 43.8 Å². The van der Waals surface area contributed by atoms with Gasteiger partial charge in [0, 0.05) is 37.6 Å². The fraction of sp³-hybridized carbons (Fsp3) is 0.500. The number of nitrogens with zero attached hydrogens (tertiary/aromatic N) is 4. The molecule has 26 heavy (non-hydrogen) atoms. The second-order valence-electron chi connectivity index (χ2n) is 6.21. The van der Waals surface area contributed by atoms with Gasteiger partial charge in [-0.25, -0.2) is 0 Å². The third-order valence-electron chi connectivity index (χ3n) is 4.32. The average molecular weight is 359 g/mol. The second-order valence-corrected chi connectivity index (χ2v) is 6.21. The van der Waals surface area contributed by atoms with Gasteiger partial charge in [-0.3, -0.25) is 19.4 Å². The van der Waals surface area contributed by atoms with E-state index in [9.17, 15) is 4.79 Å². The van der Waals surface area contributed by atoms with Gasteiger partial charge in [0.1, 0.15) is 0 Å². The van der Waals surface area contributed by atoms with Crippen LogP contribution in [0.4, 0.5) is 0 Å². The topological polar surface area (TPSA) is 92.5 Å². The lowest BCUT2D eigenvalue weighted by atomic mass is 10.2. The number of ether oxygens (including phenoxy) is 1. The van der Waals surface area contributed by atoms with Crippen molar-refractivity contribution < 1.29 is 14.6 Å². The normalized spacial score (nSPS) is 15.1. The fourth-order valence-electron chi connectivity index (χ4n) is 2.85. The second kappa shape index (κ2) is 9.42. The summed E-state index contributed by atoms with van der Waals surface area (Å²) in [6.45, 7) is 5.63. The summed E-state index contributed by atoms with van der Waals surface area (Å²) in [4.78, 5) is 18.9. The first-order valence-electron chi connectivity index (χ1n) is 8.94. The molecule has 0 bridgehead atoms. The molecule has 140 valence electrons. The van der Waals surface area contributed by atoms with Crippen molar-refractivity contribution in [2.75, 3.05) is 46.0 Å². The molecule has 2 aromatic heterocycles. The lowest BCUT2D eigenvalue weighted by molar-refractivity contribution is 0.0374. The highest BCUT2D eigenvalue weighted by Gasteiger charge is 2.11. The monoisotopic (exact) mass is 359 g/mol. The number of aliphatic hydroxyl groups excluding tert-OH is 1. The molecule has 0 aliphatic carbocycles. The number of rotatable bonds is 8. The Morgan fingerprint density at radius 1 is 1.23 bits per heavy atom. The van der Waals surface area contributed by atoms with Crippen LogP contribution in [0.5, 0.6) is 0 Å². The number of hydrogen-bond donors (Lipinski definition) is 2. The highest BCUT2D eigenvalue weighted by atomic mass is 16.5. The summed E-state index contributed by atoms with van der Waals surface area (Å²) in [6.07, 6.45) is 6.02. The van der Waals surface area contributed by atoms with E-state index in [4.69, 9.17) is 9.84 Å². The summed E-state index contributed by atoms with van der Waals surface area (Å²) in [6, 6.07) is 3.58. The number of nitrogens with one attached hydrogen (secondary N) is 1. The van der Waals surface area contributed by atoms with Crippen LogP contribution in [0.15, 0.2) is 30.7 Å². The molecule has 1 saturated heterocycles. The van der Waals surface area contributed by atoms with Crippen molar-refractivity contribution in [1.82, 2.24) is 25.0 Å². The number of amides is 1. The number of aromatic nitrogens is 3. The van der Waals surface area contributed by atoms with Crippen molar-refractivity contribution in [2.45, 2.75) is 13.0 Å². The highest BCUT2D eigenvalue weighted by molar-refractivity contribution is 5.94. The Morgan fingerprint density at radius 2 is 2.08 bits per heavy atom. The summed E-state index contributed by atoms with van der Waals surface area (Å²) >= 11 is 0. The van der Waals surface area contributed by atoms with Crippen molar-refractivity contribution in [2.24, 2.45) is 0 Å². The van der Waals surface area contributed by atoms with Crippen LogP contribution >= 0.6 is 0 Å². The molecule has 1 aliphatic rings. The summed E-state index contributed by atoms with van der Waals surface area (Å²) in [5, 5.41) is 16.0. The van der Waals surface area contributed by atoms with Gasteiger partial charge in [-0.05, 0) is 25.1 Å². The largest absolute Gasteiger partial charge is 0.394 e. The van der Waals surface area contributed by atoms with Gasteiger partial charge in [0.15, 0.2) is 0 Å². The molecule has 8 heteroatoms. The molecule has 0 unspecified atom stereocenters. The van der Waals surface area contributed by atoms with E-state index in [1.807, 2.05) is 12.3 Å². The Balaban J connectivity index is 1.45. The van der Waals surface area contributed by atoms with Crippen molar-refractivity contribution >= 4 is 5.91 Å². The van der Waals surface area contributed by atoms with Crippen LogP contribution in [0.25, 0.3) is 11.3 Å². The first-order chi connectivity index (χ1) is 12.8. The minimum absolute atomic E-state index is 0.0409. The maximum Gasteiger partial charge on any atom is 0.252 e. The van der Waals surface area contributed by atoms with E-state index in [0.717, 1.165) is 50.5 Å². The molecule has 2 N–H and O–H groups in total. The molecule has 0 spiro atoms. The first kappa shape index (κ1) is 18.5. The van der Waals surface area contributed by atoms with E-state index in [2.05, 4.69) is 20.3 Å². The minimum Gasteiger partial charge on any atom is -0.394 e. The van der Waals surface area contributed by atoms with Gasteiger partial charge >= 0.3 is 0 Å². The Morgan fingerprint density at radius 3 is 2.81 bits per heavy atom. The summed E-state index contributed by atoms with van der Waals surface area (Å²) < 4.78 is 6.98. The van der Waals surface area contributed by atoms with Crippen molar-refractivity contribution in [3.8, 4) is 11.3 Å². The van der Waals surface area contributed by atoms with Crippen LogP contribution < -0.4 is 5.32 Å². The number of carbonyl (C=O) groups excluding carboxylic acids is 1. The number of morpholine rings is 1. The van der Waals surface area contributed by atoms with Gasteiger partial charge in [-0.1, -0.05) is 0 Å². The molecule has 3 heterocycles. The lowest BCUT2D eigenvalue weighted by Gasteiger charge is -2.26. The van der Waals surface area contributed by atoms with E-state index < -0.39 is 0 Å². The SMILES string of the molecule is O=C(NCCCN1CCOCC1)c1ccc(-c2cnn(CCO)c2)nc1. The fourth-order valence-corrected chi connectivity index (χ4v) is 2.85. The summed E-state index contributed by atoms with van der Waals surface area (Å²) in [7, 11) is 0. The van der Waals surface area contributed by atoms with Crippen LogP contribution in [-0.2, 0) is 11.3 Å². The Bertz CT molecular complexity index is 695. The average Bonchev–Trinajstić information content (AvgIpc) is 3.15. The quantitative estimate of drug-likeness (QED) is 0.663. The van der Waals surface area contributed by atoms with E-state index in [-0.39, 0.29) is 12.5 Å². The third kappa shape index (κ3) is 5.10. The maximum atomic E-state index is 12.2. The highest BCUT2D eigenvalue weighted by Crippen LogP contribution is 2.16. The zero-order valence-electron chi connectivity index (χ0n) is 14.8. The Kier molecular flexibility index (Phi) is 6.70. The van der Waals surface area contributed by atoms with Gasteiger partial charge in [-0.2, -0.15) is 5.10 Å². The molecule has 1 amide bonds. The lowest BCUT2D eigenvalue weighted by Crippen LogP contribution is -2.38. The molecule has 0 saturated carbocycles. The van der Waals surface area contributed by atoms with Crippen LogP contribution in [0.3, 0.4) is 0 Å². The predicted octanol–water partition coefficient (Wildman–Crippen LogP) is 0.390. The van der Waals surface area contributed by atoms with Gasteiger partial charge < -0.3 is 15.2 Å². The summed E-state index contributed by atoms with van der Waals surface area (Å²) in [5.41, 5.74) is 2.15. The molecular formula is C18H25N5O3. The van der Waals surface area contributed by atoms with E-state index in [1.165, 1.54) is 0 Å². The predicted molar refractivity (Wildman–Crippen MR) is 96.8 cm³/mol. The molecule has 3 rings (SSSR count). The number of pyridine rings is 1. The van der Waals surface area contributed by atoms with E-state index in [0.29, 0.717) is 18.7 Å². The third-order valence-corrected chi connectivity index (χ3v) is 4.32. The van der Waals surface area contributed by atoms with Crippen molar-refractivity contribution in [3.63, 3.8) is 0 Å². The van der Waals surface area contributed by atoms with Gasteiger partial charge in [-0.15, -0.1) is 0 Å². The Hall–Kier alpha value is -2.29. The minimum atomic E-state index is -0.109. The van der Waals surface area contributed by atoms with Crippen LogP contribution in [0.2, 0.25) is 0 Å². The van der Waals surface area contributed by atoms with Gasteiger partial charge in [0.2, 0.25) is 0 Å². The number of aliphatic hydroxyl groups is 1. The number of hydrogen-bond acceptors (Lipinski definition) is 6. The van der Waals surface area contributed by atoms with E-state index in [1.54, 1.807) is 23.1 Å². The van der Waals surface area contributed by atoms with Crippen LogP contribution in [-0.4, -0.2) is 76.7 Å². The molecule has 2 aromatic rings. The number of carbonyl (C=O) groups is 1. The molecule has 1 fully saturated rings. The van der Waals surface area contributed by atoms with Crippen LogP contribution in [0.1, 0.15) is 16.8 Å². The first-order valence-corrected chi connectivity index (χ1v) is 8.94. The molecule has 0 radical (unpaired) electrons. The van der Waals surface area contributed by atoms with Crippen molar-refractivity contribution in [1.29, 1.82) is 0 Å². The molecular weight excluding hydrogens is 334 g/mol. The standard InChI is InChI=1S/C18H25N5O3/c24-9-6-23-14-16(13-21-23)17-3-2-15(12-20-17)18(25)19-4-1-5-22-7-10-26-11-8-22/h2-3,12-14,24H,1,4-11H2,(H,19,25). The van der Waals surface area contributed by atoms with E-state index >= 15 is 0 Å². The maximum absolute atomic E-state index is 12.2. The zero-order chi connectivity index (χ0) is 18.2. The van der Waals surface area contributed by atoms with Crippen molar-refractivity contribution in [3.05, 3.63) is 36.3 Å². The molecule has 1 aliphatic heterocycles. The zero-order valence-corrected chi connectivity index (χ0v) is 14.8. The smallest absolute Gasteiger partial charge is 0.252 e. The Labute approximate surface area is 152 Å². The molecule has 8 nitrogen and oxygen atoms in total. The molecule has 0 aromatic carbocycles. The van der Waals surface area contributed by atoms with Crippen LogP contribution in [0, 0.1) is 0 Å². The molecule has 0 atom stereocenters. The summed E-state index contributed by atoms with van der Waals surface area (Å²) in [5.74, 6) is -0.109. The van der Waals surface area contributed by atoms with Gasteiger partial charge in [0.25, 0.3) is 5.91 Å².